The SMILES string of the molecule is C=CC(=C)C.CC(C)N([B]B(N(c1ccccc1)c1ccccc1)N(C(C)C)C(C)C)C(C)C.[Ti]. The Morgan fingerprint density at radius 2 is 1.09 bits per heavy atom. The molecule has 35 heavy (non-hydrogen) atoms. The van der Waals surface area contributed by atoms with Gasteiger partial charge in [-0.25, -0.2) is 0 Å². The van der Waals surface area contributed by atoms with Crippen LogP contribution < -0.4 is 4.81 Å². The van der Waals surface area contributed by atoms with Gasteiger partial charge in [-0.05, 0) is 55.4 Å². The van der Waals surface area contributed by atoms with Gasteiger partial charge in [0, 0.05) is 33.1 Å². The van der Waals surface area contributed by atoms with Crippen LogP contribution in [0, 0.1) is 0 Å². The van der Waals surface area contributed by atoms with Crippen LogP contribution in [0.15, 0.2) is 85.5 Å². The van der Waals surface area contributed by atoms with Crippen LogP contribution in [0.3, 0.4) is 0 Å². The molecule has 0 aromatic heterocycles. The maximum Gasteiger partial charge on any atom is 0.318 e. The van der Waals surface area contributed by atoms with Crippen molar-refractivity contribution in [3.63, 3.8) is 0 Å². The molecule has 0 aliphatic carbocycles. The first-order chi connectivity index (χ1) is 16.0. The van der Waals surface area contributed by atoms with E-state index >= 15 is 0 Å². The van der Waals surface area contributed by atoms with Crippen molar-refractivity contribution in [3.05, 3.63) is 85.5 Å². The topological polar surface area (TPSA) is 9.72 Å². The van der Waals surface area contributed by atoms with E-state index in [1.54, 1.807) is 6.08 Å². The summed E-state index contributed by atoms with van der Waals surface area (Å²) in [6.45, 7) is 27.3. The Bertz CT molecular complexity index is 786. The van der Waals surface area contributed by atoms with E-state index in [0.717, 1.165) is 5.57 Å². The Kier molecular flexibility index (Phi) is 16.3. The van der Waals surface area contributed by atoms with E-state index < -0.39 is 0 Å². The number of para-hydroxylation sites is 2. The third-order valence-corrected chi connectivity index (χ3v) is 5.68. The Hall–Kier alpha value is -1.52. The van der Waals surface area contributed by atoms with Crippen molar-refractivity contribution in [2.24, 2.45) is 0 Å². The average molecular weight is 506 g/mol. The maximum atomic E-state index is 3.56. The predicted octanol–water partition coefficient (Wildman–Crippen LogP) is 7.41. The third kappa shape index (κ3) is 11.0. The minimum atomic E-state index is 0. The molecule has 1 radical (unpaired) electrons. The van der Waals surface area contributed by atoms with Crippen LogP contribution in [-0.4, -0.2) is 48.0 Å². The first-order valence-electron chi connectivity index (χ1n) is 12.6. The summed E-state index contributed by atoms with van der Waals surface area (Å²) in [6, 6.07) is 23.2. The molecule has 0 atom stereocenters. The van der Waals surface area contributed by atoms with Gasteiger partial charge in [-0.2, -0.15) is 0 Å². The fourth-order valence-electron chi connectivity index (χ4n) is 4.21. The summed E-state index contributed by atoms with van der Waals surface area (Å²) < 4.78 is 0. The Labute approximate surface area is 232 Å². The molecule has 0 saturated carbocycles. The van der Waals surface area contributed by atoms with Crippen molar-refractivity contribution < 1.29 is 21.7 Å². The second-order valence-electron chi connectivity index (χ2n) is 9.92. The molecule has 187 valence electrons. The van der Waals surface area contributed by atoms with E-state index in [1.807, 2.05) is 6.92 Å². The third-order valence-electron chi connectivity index (χ3n) is 5.68. The molecule has 0 aliphatic heterocycles. The Balaban J connectivity index is 0.00000175. The molecule has 0 bridgehead atoms. The molecular formula is C29H46B2N3Ti. The summed E-state index contributed by atoms with van der Waals surface area (Å²) in [6.07, 6.45) is 1.72. The largest absolute Gasteiger partial charge is 0.377 e. The fraction of sp³-hybridized carbons (Fsp3) is 0.448. The fourth-order valence-corrected chi connectivity index (χ4v) is 4.21. The van der Waals surface area contributed by atoms with Crippen LogP contribution in [0.5, 0.6) is 0 Å². The number of hydrogen-bond acceptors (Lipinski definition) is 3. The number of hydrogen-bond donors (Lipinski definition) is 0. The molecule has 0 saturated heterocycles. The van der Waals surface area contributed by atoms with E-state index in [0.29, 0.717) is 24.2 Å². The first kappa shape index (κ1) is 33.5. The average Bonchev–Trinajstić information content (AvgIpc) is 2.78. The van der Waals surface area contributed by atoms with Gasteiger partial charge in [-0.3, -0.25) is 0 Å². The van der Waals surface area contributed by atoms with E-state index in [2.05, 4.69) is 151 Å². The van der Waals surface area contributed by atoms with Crippen LogP contribution in [0.1, 0.15) is 62.3 Å². The van der Waals surface area contributed by atoms with E-state index in [1.165, 1.54) is 11.4 Å². The quantitative estimate of drug-likeness (QED) is 0.232. The number of benzene rings is 2. The van der Waals surface area contributed by atoms with Crippen LogP contribution in [0.4, 0.5) is 11.4 Å². The van der Waals surface area contributed by atoms with E-state index in [9.17, 15) is 0 Å². The van der Waals surface area contributed by atoms with Crippen LogP contribution in [0.2, 0.25) is 0 Å². The molecule has 0 N–H and O–H groups in total. The van der Waals surface area contributed by atoms with Crippen molar-refractivity contribution in [2.45, 2.75) is 86.5 Å². The normalized spacial score (nSPS) is 10.8. The number of anilines is 2. The molecule has 0 amide bonds. The summed E-state index contributed by atoms with van der Waals surface area (Å²) >= 11 is 0. The standard InChI is InChI=1S/C24H38B2N3.C5H8.Ti/c1-19(2)27(20(3)4)25-26(28(21(5)6)22(7)8)29(23-15-11-9-12-16-23)24-17-13-10-14-18-24;1-4-5(2)3;/h9-22H,1-8H3;4H,1-2H2,3H3;. The molecule has 0 fully saturated rings. The van der Waals surface area contributed by atoms with Crippen molar-refractivity contribution >= 4 is 25.6 Å². The molecule has 2 rings (SSSR count). The minimum Gasteiger partial charge on any atom is -0.377 e. The monoisotopic (exact) mass is 506 g/mol. The van der Waals surface area contributed by atoms with Crippen molar-refractivity contribution in [2.75, 3.05) is 4.81 Å². The van der Waals surface area contributed by atoms with Crippen LogP contribution >= 0.6 is 0 Å². The van der Waals surface area contributed by atoms with Crippen molar-refractivity contribution in [1.82, 2.24) is 9.62 Å². The summed E-state index contributed by atoms with van der Waals surface area (Å²) in [5, 5.41) is 0. The molecule has 0 unspecified atom stereocenters. The Morgan fingerprint density at radius 1 is 0.743 bits per heavy atom. The summed E-state index contributed by atoms with van der Waals surface area (Å²) in [7, 11) is 2.44. The van der Waals surface area contributed by atoms with E-state index in [4.69, 9.17) is 0 Å². The molecule has 0 heterocycles. The molecular weight excluding hydrogens is 460 g/mol. The molecule has 0 spiro atoms. The van der Waals surface area contributed by atoms with Crippen LogP contribution in [0.25, 0.3) is 0 Å². The van der Waals surface area contributed by atoms with Gasteiger partial charge in [-0.1, -0.05) is 117 Å². The zero-order chi connectivity index (χ0) is 25.8. The number of allylic oxidation sites excluding steroid dienone is 2. The summed E-state index contributed by atoms with van der Waals surface area (Å²) in [5.41, 5.74) is 3.43. The van der Waals surface area contributed by atoms with Gasteiger partial charge in [0.2, 0.25) is 7.31 Å². The molecule has 6 heteroatoms. The number of nitrogens with zero attached hydrogens (tertiary/aromatic N) is 3. The molecule has 0 aliphatic rings. The summed E-state index contributed by atoms with van der Waals surface area (Å²) in [4.78, 5) is 7.55. The van der Waals surface area contributed by atoms with Crippen LogP contribution in [-0.2, 0) is 21.7 Å². The summed E-state index contributed by atoms with van der Waals surface area (Å²) in [5.74, 6) is 0. The van der Waals surface area contributed by atoms with Gasteiger partial charge in [0.1, 0.15) is 0 Å². The zero-order valence-corrected chi connectivity index (χ0v) is 25.1. The second kappa shape index (κ2) is 17.0. The van der Waals surface area contributed by atoms with Gasteiger partial charge >= 0.3 is 6.87 Å². The van der Waals surface area contributed by atoms with Gasteiger partial charge < -0.3 is 14.4 Å². The van der Waals surface area contributed by atoms with Crippen molar-refractivity contribution in [1.29, 1.82) is 0 Å². The van der Waals surface area contributed by atoms with Crippen molar-refractivity contribution in [3.8, 4) is 0 Å². The maximum absolute atomic E-state index is 3.56. The van der Waals surface area contributed by atoms with E-state index in [-0.39, 0.29) is 28.6 Å². The zero-order valence-electron chi connectivity index (χ0n) is 23.6. The molecule has 2 aromatic rings. The smallest absolute Gasteiger partial charge is 0.318 e. The molecule has 3 nitrogen and oxygen atoms in total. The van der Waals surface area contributed by atoms with Gasteiger partial charge in [-0.15, -0.1) is 0 Å². The minimum absolute atomic E-state index is 0. The van der Waals surface area contributed by atoms with Gasteiger partial charge in [0.25, 0.3) is 0 Å². The van der Waals surface area contributed by atoms with Gasteiger partial charge in [0.15, 0.2) is 0 Å². The first-order valence-corrected chi connectivity index (χ1v) is 12.6. The predicted molar refractivity (Wildman–Crippen MR) is 156 cm³/mol. The van der Waals surface area contributed by atoms with Gasteiger partial charge in [0.05, 0.1) is 0 Å². The number of rotatable bonds is 11. The second-order valence-corrected chi connectivity index (χ2v) is 9.92. The Morgan fingerprint density at radius 3 is 1.34 bits per heavy atom. The molecule has 2 aromatic carbocycles.